The number of nitro groups is 1. The Labute approximate surface area is 125 Å². The predicted molar refractivity (Wildman–Crippen MR) is 74.4 cm³/mol. The lowest BCUT2D eigenvalue weighted by molar-refractivity contribution is -0.385. The van der Waals surface area contributed by atoms with E-state index in [1.807, 2.05) is 0 Å². The Morgan fingerprint density at radius 2 is 1.86 bits per heavy atom. The van der Waals surface area contributed by atoms with Crippen LogP contribution in [0.5, 0.6) is 0 Å². The monoisotopic (exact) mass is 360 g/mol. The molecule has 0 saturated heterocycles. The zero-order valence-corrected chi connectivity index (χ0v) is 12.0. The van der Waals surface area contributed by atoms with Gasteiger partial charge in [-0.1, -0.05) is 6.07 Å². The van der Waals surface area contributed by atoms with Crippen LogP contribution >= 0.6 is 15.9 Å². The third kappa shape index (κ3) is 3.33. The van der Waals surface area contributed by atoms with Crippen LogP contribution in [0.15, 0.2) is 34.8 Å². The van der Waals surface area contributed by atoms with Gasteiger partial charge >= 0.3 is 0 Å². The molecule has 2 aromatic carbocycles. The van der Waals surface area contributed by atoms with Gasteiger partial charge in [0, 0.05) is 12.6 Å². The number of nitrogens with one attached hydrogen (secondary N) is 1. The maximum absolute atomic E-state index is 13.4. The summed E-state index contributed by atoms with van der Waals surface area (Å²) in [5, 5.41) is 13.4. The summed E-state index contributed by atoms with van der Waals surface area (Å²) in [6.45, 7) is 0.0239. The highest BCUT2D eigenvalue weighted by molar-refractivity contribution is 9.10. The maximum Gasteiger partial charge on any atom is 0.283 e. The van der Waals surface area contributed by atoms with Crippen molar-refractivity contribution >= 4 is 27.3 Å². The molecule has 0 aliphatic heterocycles. The van der Waals surface area contributed by atoms with Crippen LogP contribution in [0.25, 0.3) is 0 Å². The molecule has 0 amide bonds. The van der Waals surface area contributed by atoms with Crippen molar-refractivity contribution in [1.29, 1.82) is 0 Å². The Morgan fingerprint density at radius 1 is 1.14 bits per heavy atom. The Balaban J connectivity index is 2.19. The van der Waals surface area contributed by atoms with Gasteiger partial charge in [-0.3, -0.25) is 10.1 Å². The number of hydrogen-bond acceptors (Lipinski definition) is 3. The van der Waals surface area contributed by atoms with Crippen LogP contribution in [0, 0.1) is 27.6 Å². The summed E-state index contributed by atoms with van der Waals surface area (Å²) >= 11 is 3.04. The molecule has 0 spiro atoms. The van der Waals surface area contributed by atoms with Gasteiger partial charge < -0.3 is 5.32 Å². The molecule has 0 saturated carbocycles. The summed E-state index contributed by atoms with van der Waals surface area (Å²) < 4.78 is 39.6. The zero-order valence-electron chi connectivity index (χ0n) is 10.4. The molecule has 0 atom stereocenters. The molecule has 4 nitrogen and oxygen atoms in total. The van der Waals surface area contributed by atoms with Crippen molar-refractivity contribution in [2.75, 3.05) is 5.32 Å². The second-order valence-corrected chi connectivity index (χ2v) is 4.97. The molecule has 21 heavy (non-hydrogen) atoms. The third-order valence-electron chi connectivity index (χ3n) is 2.73. The fourth-order valence-electron chi connectivity index (χ4n) is 1.67. The van der Waals surface area contributed by atoms with E-state index < -0.39 is 22.4 Å². The van der Waals surface area contributed by atoms with E-state index in [1.165, 1.54) is 12.1 Å². The van der Waals surface area contributed by atoms with E-state index in [1.54, 1.807) is 6.07 Å². The average molecular weight is 361 g/mol. The van der Waals surface area contributed by atoms with E-state index in [0.717, 1.165) is 12.1 Å². The van der Waals surface area contributed by atoms with Gasteiger partial charge in [0.25, 0.3) is 5.69 Å². The van der Waals surface area contributed by atoms with Crippen LogP contribution in [-0.4, -0.2) is 4.92 Å². The molecule has 110 valence electrons. The number of rotatable bonds is 4. The van der Waals surface area contributed by atoms with Crippen molar-refractivity contribution in [2.45, 2.75) is 6.54 Å². The molecule has 0 aliphatic rings. The summed E-state index contributed by atoms with van der Waals surface area (Å²) in [5.74, 6) is -4.18. The predicted octanol–water partition coefficient (Wildman–Crippen LogP) is 4.39. The van der Waals surface area contributed by atoms with Gasteiger partial charge in [0.15, 0.2) is 17.5 Å². The molecule has 0 aliphatic carbocycles. The van der Waals surface area contributed by atoms with Crippen molar-refractivity contribution in [3.8, 4) is 0 Å². The first-order chi connectivity index (χ1) is 9.90. The van der Waals surface area contributed by atoms with E-state index in [9.17, 15) is 23.3 Å². The van der Waals surface area contributed by atoms with Crippen molar-refractivity contribution < 1.29 is 18.1 Å². The number of hydrogen-bond donors (Lipinski definition) is 1. The first kappa shape index (κ1) is 15.3. The van der Waals surface area contributed by atoms with Gasteiger partial charge in [-0.25, -0.2) is 13.2 Å². The molecule has 0 bridgehead atoms. The molecule has 2 aromatic rings. The van der Waals surface area contributed by atoms with Gasteiger partial charge in [-0.05, 0) is 39.7 Å². The fourth-order valence-corrected chi connectivity index (χ4v) is 2.06. The Bertz CT molecular complexity index is 710. The van der Waals surface area contributed by atoms with E-state index in [0.29, 0.717) is 10.0 Å². The van der Waals surface area contributed by atoms with Crippen LogP contribution < -0.4 is 5.32 Å². The molecule has 2 rings (SSSR count). The molecule has 8 heteroatoms. The molecular formula is C13H8BrF3N2O2. The van der Waals surface area contributed by atoms with E-state index in [2.05, 4.69) is 21.2 Å². The lowest BCUT2D eigenvalue weighted by Gasteiger charge is -2.09. The highest BCUT2D eigenvalue weighted by atomic mass is 79.9. The lowest BCUT2D eigenvalue weighted by Crippen LogP contribution is -2.04. The molecule has 0 radical (unpaired) electrons. The van der Waals surface area contributed by atoms with Crippen molar-refractivity contribution in [3.05, 3.63) is 67.9 Å². The number of anilines is 1. The zero-order chi connectivity index (χ0) is 15.6. The molecule has 0 fully saturated rings. The smallest absolute Gasteiger partial charge is 0.283 e. The second kappa shape index (κ2) is 6.13. The van der Waals surface area contributed by atoms with Crippen LogP contribution in [0.3, 0.4) is 0 Å². The first-order valence-electron chi connectivity index (χ1n) is 5.70. The highest BCUT2D eigenvalue weighted by Crippen LogP contribution is 2.26. The minimum atomic E-state index is -1.57. The topological polar surface area (TPSA) is 55.2 Å². The Hall–Kier alpha value is -2.09. The largest absolute Gasteiger partial charge is 0.379 e. The average Bonchev–Trinajstić information content (AvgIpc) is 2.45. The normalized spacial score (nSPS) is 10.5. The third-order valence-corrected chi connectivity index (χ3v) is 3.40. The number of nitrogens with zero attached hydrogens (tertiary/aromatic N) is 1. The van der Waals surface area contributed by atoms with Crippen LogP contribution in [-0.2, 0) is 6.54 Å². The van der Waals surface area contributed by atoms with Crippen molar-refractivity contribution in [1.82, 2.24) is 0 Å². The van der Waals surface area contributed by atoms with Gasteiger partial charge in [0.05, 0.1) is 15.1 Å². The van der Waals surface area contributed by atoms with Crippen LogP contribution in [0.2, 0.25) is 0 Å². The lowest BCUT2D eigenvalue weighted by atomic mass is 10.2. The summed E-state index contributed by atoms with van der Waals surface area (Å²) in [6.07, 6.45) is 0. The minimum Gasteiger partial charge on any atom is -0.379 e. The van der Waals surface area contributed by atoms with E-state index in [4.69, 9.17) is 0 Å². The summed E-state index contributed by atoms with van der Waals surface area (Å²) in [6, 6.07) is 6.22. The van der Waals surface area contributed by atoms with Crippen LogP contribution in [0.1, 0.15) is 5.56 Å². The quantitative estimate of drug-likeness (QED) is 0.499. The number of nitro benzene ring substituents is 1. The van der Waals surface area contributed by atoms with Gasteiger partial charge in [-0.15, -0.1) is 0 Å². The van der Waals surface area contributed by atoms with Gasteiger partial charge in [-0.2, -0.15) is 0 Å². The number of halogens is 4. The summed E-state index contributed by atoms with van der Waals surface area (Å²) in [4.78, 5) is 10.2. The SMILES string of the molecule is O=[N+]([O-])c1cc(CNc2ccc(F)c(F)c2F)ccc1Br. The first-order valence-corrected chi connectivity index (χ1v) is 6.49. The van der Waals surface area contributed by atoms with Gasteiger partial charge in [0.1, 0.15) is 0 Å². The summed E-state index contributed by atoms with van der Waals surface area (Å²) in [5.41, 5.74) is 0.133. The van der Waals surface area contributed by atoms with Gasteiger partial charge in [0.2, 0.25) is 0 Å². The van der Waals surface area contributed by atoms with E-state index >= 15 is 0 Å². The molecule has 1 N–H and O–H groups in total. The molecular weight excluding hydrogens is 353 g/mol. The Morgan fingerprint density at radius 3 is 2.52 bits per heavy atom. The molecule has 0 aromatic heterocycles. The standard InChI is InChI=1S/C13H8BrF3N2O2/c14-8-2-1-7(5-11(8)19(20)21)6-18-10-4-3-9(15)12(16)13(10)17/h1-5,18H,6H2. The second-order valence-electron chi connectivity index (χ2n) is 4.12. The van der Waals surface area contributed by atoms with Crippen molar-refractivity contribution in [2.24, 2.45) is 0 Å². The number of benzene rings is 2. The Kier molecular flexibility index (Phi) is 4.46. The summed E-state index contributed by atoms with van der Waals surface area (Å²) in [7, 11) is 0. The van der Waals surface area contributed by atoms with Crippen LogP contribution in [0.4, 0.5) is 24.5 Å². The van der Waals surface area contributed by atoms with E-state index in [-0.39, 0.29) is 17.9 Å². The molecule has 0 unspecified atom stereocenters. The fraction of sp³-hybridized carbons (Fsp3) is 0.0769. The highest BCUT2D eigenvalue weighted by Gasteiger charge is 2.15. The maximum atomic E-state index is 13.4. The van der Waals surface area contributed by atoms with Crippen molar-refractivity contribution in [3.63, 3.8) is 0 Å². The minimum absolute atomic E-state index is 0.0239. The molecule has 0 heterocycles.